The van der Waals surface area contributed by atoms with Gasteiger partial charge in [0.25, 0.3) is 5.91 Å². The molecule has 1 aromatic heterocycles. The normalized spacial score (nSPS) is 17.4. The molecule has 0 bridgehead atoms. The van der Waals surface area contributed by atoms with Crippen LogP contribution in [0.2, 0.25) is 0 Å². The minimum absolute atomic E-state index is 0.000121. The summed E-state index contributed by atoms with van der Waals surface area (Å²) in [4.78, 5) is 22.7. The van der Waals surface area contributed by atoms with Crippen molar-refractivity contribution in [2.75, 3.05) is 12.9 Å². The van der Waals surface area contributed by atoms with Gasteiger partial charge in [-0.05, 0) is 58.1 Å². The van der Waals surface area contributed by atoms with E-state index in [0.717, 1.165) is 55.3 Å². The Hall–Kier alpha value is -5.06. The molecule has 6 aromatic rings. The number of ether oxygens (including phenoxy) is 3. The quantitative estimate of drug-likeness (QED) is 0.132. The van der Waals surface area contributed by atoms with Crippen LogP contribution in [0, 0.1) is 0 Å². The van der Waals surface area contributed by atoms with Crippen LogP contribution in [0.3, 0.4) is 0 Å². The van der Waals surface area contributed by atoms with Gasteiger partial charge in [-0.1, -0.05) is 91.0 Å². The summed E-state index contributed by atoms with van der Waals surface area (Å²) in [5, 5.41) is 12.5. The third-order valence-electron chi connectivity index (χ3n) is 8.69. The van der Waals surface area contributed by atoms with Crippen molar-refractivity contribution in [2.45, 2.75) is 43.0 Å². The summed E-state index contributed by atoms with van der Waals surface area (Å²) in [7, 11) is 1.69. The van der Waals surface area contributed by atoms with Crippen molar-refractivity contribution in [3.05, 3.63) is 155 Å². The highest BCUT2D eigenvalue weighted by molar-refractivity contribution is 7.99. The second-order valence-electron chi connectivity index (χ2n) is 12.1. The van der Waals surface area contributed by atoms with Crippen molar-refractivity contribution in [1.82, 2.24) is 15.3 Å². The molecule has 0 spiro atoms. The Morgan fingerprint density at radius 3 is 2.40 bits per heavy atom. The van der Waals surface area contributed by atoms with E-state index in [1.54, 1.807) is 18.9 Å². The first-order valence-electron chi connectivity index (χ1n) is 16.5. The van der Waals surface area contributed by atoms with Crippen LogP contribution in [0.1, 0.15) is 51.6 Å². The number of hydrogen-bond acceptors (Lipinski definition) is 8. The summed E-state index contributed by atoms with van der Waals surface area (Å²) in [5.41, 5.74) is 7.61. The van der Waals surface area contributed by atoms with E-state index in [-0.39, 0.29) is 30.4 Å². The van der Waals surface area contributed by atoms with Crippen LogP contribution in [-0.4, -0.2) is 39.9 Å². The lowest BCUT2D eigenvalue weighted by molar-refractivity contribution is -0.245. The average molecular weight is 684 g/mol. The van der Waals surface area contributed by atoms with Crippen molar-refractivity contribution < 1.29 is 24.1 Å². The fourth-order valence-corrected chi connectivity index (χ4v) is 7.03. The van der Waals surface area contributed by atoms with Crippen LogP contribution >= 0.6 is 11.8 Å². The van der Waals surface area contributed by atoms with Crippen LogP contribution in [0.5, 0.6) is 5.75 Å². The number of methoxy groups -OCH3 is 1. The van der Waals surface area contributed by atoms with Gasteiger partial charge in [0.1, 0.15) is 11.4 Å². The Morgan fingerprint density at radius 1 is 0.840 bits per heavy atom. The third-order valence-corrected chi connectivity index (χ3v) is 9.87. The molecule has 1 saturated heterocycles. The first-order valence-corrected chi connectivity index (χ1v) is 17.5. The predicted octanol–water partition coefficient (Wildman–Crippen LogP) is 8.07. The molecule has 1 aliphatic heterocycles. The van der Waals surface area contributed by atoms with E-state index >= 15 is 0 Å². The van der Waals surface area contributed by atoms with Gasteiger partial charge in [-0.25, -0.2) is 4.98 Å². The van der Waals surface area contributed by atoms with Crippen LogP contribution < -0.4 is 10.1 Å². The summed E-state index contributed by atoms with van der Waals surface area (Å²) in [6.45, 7) is 0.359. The number of hydrogen-bond donors (Lipinski definition) is 2. The summed E-state index contributed by atoms with van der Waals surface area (Å²) in [6.07, 6.45) is 1.41. The minimum atomic E-state index is -0.552. The number of carbonyl (C=O) groups is 1. The topological polar surface area (TPSA) is 103 Å². The van der Waals surface area contributed by atoms with Gasteiger partial charge in [0, 0.05) is 29.2 Å². The van der Waals surface area contributed by atoms with E-state index in [9.17, 15) is 9.90 Å². The number of aliphatic hydroxyl groups is 1. The number of aromatic nitrogens is 2. The van der Waals surface area contributed by atoms with E-state index in [2.05, 4.69) is 57.7 Å². The Kier molecular flexibility index (Phi) is 10.5. The lowest BCUT2D eigenvalue weighted by atomic mass is 9.99. The van der Waals surface area contributed by atoms with Crippen molar-refractivity contribution in [3.8, 4) is 16.9 Å². The number of thioether (sulfide) groups is 1. The molecule has 252 valence electrons. The van der Waals surface area contributed by atoms with E-state index in [4.69, 9.17) is 14.2 Å². The van der Waals surface area contributed by atoms with E-state index in [1.807, 2.05) is 78.9 Å². The monoisotopic (exact) mass is 683 g/mol. The van der Waals surface area contributed by atoms with Crippen molar-refractivity contribution in [2.24, 2.45) is 0 Å². The van der Waals surface area contributed by atoms with Crippen LogP contribution in [0.25, 0.3) is 22.2 Å². The fraction of sp³-hybridized carbons (Fsp3) is 0.195. The van der Waals surface area contributed by atoms with Gasteiger partial charge in [-0.3, -0.25) is 9.78 Å². The van der Waals surface area contributed by atoms with Crippen LogP contribution in [-0.2, 0) is 22.6 Å². The van der Waals surface area contributed by atoms with Gasteiger partial charge in [-0.15, -0.1) is 11.8 Å². The van der Waals surface area contributed by atoms with E-state index in [1.165, 1.54) is 6.20 Å². The fourth-order valence-electron chi connectivity index (χ4n) is 5.98. The van der Waals surface area contributed by atoms with Crippen molar-refractivity contribution in [3.63, 3.8) is 0 Å². The number of nitrogens with one attached hydrogen (secondary N) is 1. The maximum absolute atomic E-state index is 12.9. The zero-order valence-corrected chi connectivity index (χ0v) is 28.4. The number of rotatable bonds is 11. The average Bonchev–Trinajstić information content (AvgIpc) is 3.19. The standard InChI is InChI=1S/C41H37N3O5S/c1-47-37-11-4-5-12-39(37)50-26-33-22-38(30-15-13-27(25-45)14-16-30)49-41(48-33)31-19-17-29(18-20-31)32-8-6-7-28(21-32)23-43-40(46)36-24-42-34-9-2-3-10-35(34)44-36/h2-21,24,33,38,41,45H,22-23,25-26H2,1H3,(H,43,46)/t33-,38+,41+/m0/s1. The lowest BCUT2D eigenvalue weighted by Gasteiger charge is -2.36. The number of benzene rings is 5. The van der Waals surface area contributed by atoms with Gasteiger partial charge in [0.05, 0.1) is 43.2 Å². The first-order chi connectivity index (χ1) is 24.6. The molecule has 7 rings (SSSR count). The smallest absolute Gasteiger partial charge is 0.271 e. The number of fused-ring (bicyclic) bond motifs is 1. The molecular formula is C41H37N3O5S. The molecule has 3 atom stereocenters. The number of aliphatic hydroxyl groups excluding tert-OH is 1. The number of carbonyl (C=O) groups excluding carboxylic acids is 1. The molecule has 1 aliphatic rings. The summed E-state index contributed by atoms with van der Waals surface area (Å²) in [6, 6.07) is 39.8. The Labute approximate surface area is 295 Å². The van der Waals surface area contributed by atoms with Crippen LogP contribution in [0.4, 0.5) is 0 Å². The van der Waals surface area contributed by atoms with Gasteiger partial charge in [-0.2, -0.15) is 0 Å². The summed E-state index contributed by atoms with van der Waals surface area (Å²) in [5.74, 6) is 1.31. The van der Waals surface area contributed by atoms with Crippen molar-refractivity contribution >= 4 is 28.7 Å². The predicted molar refractivity (Wildman–Crippen MR) is 195 cm³/mol. The van der Waals surface area contributed by atoms with Gasteiger partial charge >= 0.3 is 0 Å². The van der Waals surface area contributed by atoms with Gasteiger partial charge in [0.2, 0.25) is 0 Å². The van der Waals surface area contributed by atoms with Crippen LogP contribution in [0.15, 0.2) is 132 Å². The highest BCUT2D eigenvalue weighted by Gasteiger charge is 2.32. The second-order valence-corrected chi connectivity index (χ2v) is 13.1. The highest BCUT2D eigenvalue weighted by atomic mass is 32.2. The van der Waals surface area contributed by atoms with Crippen molar-refractivity contribution in [1.29, 1.82) is 0 Å². The molecule has 8 nitrogen and oxygen atoms in total. The Balaban J connectivity index is 1.04. The number of para-hydroxylation sites is 3. The van der Waals surface area contributed by atoms with E-state index < -0.39 is 6.29 Å². The molecular weight excluding hydrogens is 647 g/mol. The molecule has 1 fully saturated rings. The molecule has 0 unspecified atom stereocenters. The molecule has 0 aliphatic carbocycles. The molecule has 1 amide bonds. The number of nitrogens with zero attached hydrogens (tertiary/aromatic N) is 2. The largest absolute Gasteiger partial charge is 0.496 e. The molecule has 5 aromatic carbocycles. The lowest BCUT2D eigenvalue weighted by Crippen LogP contribution is -2.31. The molecule has 2 N–H and O–H groups in total. The molecule has 9 heteroatoms. The van der Waals surface area contributed by atoms with E-state index in [0.29, 0.717) is 18.5 Å². The maximum Gasteiger partial charge on any atom is 0.271 e. The highest BCUT2D eigenvalue weighted by Crippen LogP contribution is 2.40. The minimum Gasteiger partial charge on any atom is -0.496 e. The Bertz CT molecular complexity index is 2070. The summed E-state index contributed by atoms with van der Waals surface area (Å²) >= 11 is 1.71. The summed E-state index contributed by atoms with van der Waals surface area (Å²) < 4.78 is 18.7. The zero-order valence-electron chi connectivity index (χ0n) is 27.6. The molecule has 0 radical (unpaired) electrons. The zero-order chi connectivity index (χ0) is 34.3. The molecule has 2 heterocycles. The molecule has 0 saturated carbocycles. The van der Waals surface area contributed by atoms with Gasteiger partial charge < -0.3 is 24.6 Å². The van der Waals surface area contributed by atoms with Gasteiger partial charge in [0.15, 0.2) is 6.29 Å². The number of amides is 1. The first kappa shape index (κ1) is 33.4. The third kappa shape index (κ3) is 7.87. The SMILES string of the molecule is COc1ccccc1SC[C@@H]1C[C@H](c2ccc(CO)cc2)O[C@H](c2ccc(-c3cccc(CNC(=O)c4cnc5ccccc5n4)c3)cc2)O1. The Morgan fingerprint density at radius 2 is 1.60 bits per heavy atom. The maximum atomic E-state index is 12.9. The molecule has 50 heavy (non-hydrogen) atoms. The second kappa shape index (κ2) is 15.7.